The monoisotopic (exact) mass is 634 g/mol. The number of rotatable bonds is 5. The Hall–Kier alpha value is -3.14. The number of alkyl halides is 2. The van der Waals surface area contributed by atoms with Crippen LogP contribution in [0.4, 0.5) is 10.1 Å². The number of benzene rings is 2. The predicted molar refractivity (Wildman–Crippen MR) is 153 cm³/mol. The normalized spacial score (nSPS) is 32.1. The number of likely N-dealkylation sites (tertiary alicyclic amines) is 1. The molecule has 12 heteroatoms. The molecular formula is C30H26Cl3FN2O6. The second kappa shape index (κ2) is 9.96. The van der Waals surface area contributed by atoms with E-state index in [1.807, 2.05) is 13.0 Å². The zero-order chi connectivity index (χ0) is 30.3. The summed E-state index contributed by atoms with van der Waals surface area (Å²) in [6.07, 6.45) is 2.43. The Morgan fingerprint density at radius 2 is 1.74 bits per heavy atom. The summed E-state index contributed by atoms with van der Waals surface area (Å²) in [4.78, 5) is 53.4. The Kier molecular flexibility index (Phi) is 6.87. The van der Waals surface area contributed by atoms with Crippen molar-refractivity contribution >= 4 is 64.1 Å². The van der Waals surface area contributed by atoms with Crippen LogP contribution in [0.5, 0.6) is 11.5 Å². The number of carbonyl (C=O) groups is 4. The average Bonchev–Trinajstić information content (AvgIpc) is 3.29. The van der Waals surface area contributed by atoms with Gasteiger partial charge in [-0.3, -0.25) is 24.1 Å². The molecule has 3 fully saturated rings. The number of aromatic hydroxyl groups is 1. The van der Waals surface area contributed by atoms with Gasteiger partial charge < -0.3 is 9.84 Å². The third-order valence-electron chi connectivity index (χ3n) is 9.04. The Bertz CT molecular complexity index is 1580. The molecule has 0 unspecified atom stereocenters. The Labute approximate surface area is 255 Å². The van der Waals surface area contributed by atoms with Crippen molar-refractivity contribution in [1.82, 2.24) is 4.90 Å². The number of ether oxygens (including phenoxy) is 1. The average molecular weight is 636 g/mol. The van der Waals surface area contributed by atoms with E-state index in [0.717, 1.165) is 17.0 Å². The summed E-state index contributed by atoms with van der Waals surface area (Å²) in [5.74, 6) is -6.42. The molecule has 4 amide bonds. The molecular weight excluding hydrogens is 610 g/mol. The molecule has 6 atom stereocenters. The van der Waals surface area contributed by atoms with Crippen molar-refractivity contribution in [3.05, 3.63) is 64.5 Å². The van der Waals surface area contributed by atoms with Gasteiger partial charge in [0.1, 0.15) is 5.82 Å². The van der Waals surface area contributed by atoms with Gasteiger partial charge in [-0.2, -0.15) is 0 Å². The number of carbonyl (C=O) groups excluding carboxylic acids is 4. The first-order valence-corrected chi connectivity index (χ1v) is 14.7. The molecule has 1 saturated carbocycles. The molecule has 4 aliphatic rings. The van der Waals surface area contributed by atoms with Crippen molar-refractivity contribution in [3.8, 4) is 11.5 Å². The predicted octanol–water partition coefficient (Wildman–Crippen LogP) is 5.17. The highest BCUT2D eigenvalue weighted by Gasteiger charge is 2.76. The van der Waals surface area contributed by atoms with E-state index in [-0.39, 0.29) is 53.4 Å². The molecule has 0 bridgehead atoms. The van der Waals surface area contributed by atoms with Gasteiger partial charge in [-0.15, -0.1) is 23.2 Å². The number of nitrogens with zero attached hydrogens (tertiary/aromatic N) is 2. The lowest BCUT2D eigenvalue weighted by molar-refractivity contribution is -0.140. The molecule has 1 N–H and O–H groups in total. The van der Waals surface area contributed by atoms with Crippen LogP contribution < -0.4 is 9.64 Å². The minimum atomic E-state index is -2.12. The maximum Gasteiger partial charge on any atom is 0.258 e. The van der Waals surface area contributed by atoms with Crippen molar-refractivity contribution in [1.29, 1.82) is 0 Å². The first kappa shape index (κ1) is 29.0. The van der Waals surface area contributed by atoms with E-state index in [1.165, 1.54) is 36.3 Å². The number of fused-ring (bicyclic) bond motifs is 4. The van der Waals surface area contributed by atoms with Crippen molar-refractivity contribution in [2.24, 2.45) is 17.8 Å². The first-order valence-electron chi connectivity index (χ1n) is 13.5. The molecule has 42 heavy (non-hydrogen) atoms. The summed E-state index contributed by atoms with van der Waals surface area (Å²) in [6.45, 7) is 2.13. The van der Waals surface area contributed by atoms with Crippen LogP contribution in [0.1, 0.15) is 37.7 Å². The topological polar surface area (TPSA) is 104 Å². The number of hydrogen-bond acceptors (Lipinski definition) is 6. The Morgan fingerprint density at radius 3 is 2.38 bits per heavy atom. The van der Waals surface area contributed by atoms with Crippen molar-refractivity contribution in [2.75, 3.05) is 18.6 Å². The third-order valence-corrected chi connectivity index (χ3v) is 10.7. The summed E-state index contributed by atoms with van der Waals surface area (Å²) >= 11 is 21.0. The zero-order valence-corrected chi connectivity index (χ0v) is 24.8. The molecule has 8 nitrogen and oxygen atoms in total. The Morgan fingerprint density at radius 1 is 1.05 bits per heavy atom. The van der Waals surface area contributed by atoms with Crippen LogP contribution in [0, 0.1) is 23.6 Å². The molecule has 2 saturated heterocycles. The molecule has 2 aromatic carbocycles. The molecule has 0 radical (unpaired) electrons. The smallest absolute Gasteiger partial charge is 0.258 e. The summed E-state index contributed by atoms with van der Waals surface area (Å²) in [5, 5.41) is 10.4. The fraction of sp³-hybridized carbons (Fsp3) is 0.400. The molecule has 2 aromatic rings. The van der Waals surface area contributed by atoms with Crippen molar-refractivity contribution in [2.45, 2.75) is 41.9 Å². The SMILES string of the molecule is CCCN1C(=O)[C@H]2[C@H](CC=C3[C@H]2C[C@@]2(Cl)C(=O)N(c4ccc(F)cc4)C(=O)[C@@]2(Cl)[C@H]3c2cc(Cl)c(O)c(OC)c2)C1=O. The van der Waals surface area contributed by atoms with Gasteiger partial charge in [0.05, 0.1) is 29.7 Å². The van der Waals surface area contributed by atoms with E-state index in [0.29, 0.717) is 17.6 Å². The minimum Gasteiger partial charge on any atom is -0.503 e. The summed E-state index contributed by atoms with van der Waals surface area (Å²) in [6, 6.07) is 7.67. The van der Waals surface area contributed by atoms with Gasteiger partial charge in [-0.1, -0.05) is 30.2 Å². The quantitative estimate of drug-likeness (QED) is 0.276. The van der Waals surface area contributed by atoms with E-state index in [4.69, 9.17) is 39.5 Å². The fourth-order valence-electron chi connectivity index (χ4n) is 7.20. The Balaban J connectivity index is 1.58. The van der Waals surface area contributed by atoms with Crippen molar-refractivity contribution in [3.63, 3.8) is 0 Å². The maximum atomic E-state index is 14.3. The zero-order valence-electron chi connectivity index (χ0n) is 22.6. The summed E-state index contributed by atoms with van der Waals surface area (Å²) in [7, 11) is 1.33. The lowest BCUT2D eigenvalue weighted by atomic mass is 9.56. The lowest BCUT2D eigenvalue weighted by Crippen LogP contribution is -2.60. The second-order valence-corrected chi connectivity index (χ2v) is 12.8. The standard InChI is InChI=1S/C30H26Cl3FN2O6/c1-3-10-35-25(38)18-9-8-17-19(22(18)26(35)39)13-29(32)27(40)36(16-6-4-15(34)5-7-16)28(41)30(29,33)23(17)14-11-20(31)24(37)21(12-14)42-2/h4-8,11-12,18-19,22-23,37H,3,9-10,13H2,1-2H3/t18-,19+,22-,23-,29+,30-/m0/s1. The molecule has 6 rings (SSSR count). The van der Waals surface area contributed by atoms with Crippen molar-refractivity contribution < 1.29 is 33.4 Å². The van der Waals surface area contributed by atoms with Crippen LogP contribution in [-0.4, -0.2) is 57.0 Å². The van der Waals surface area contributed by atoms with Gasteiger partial charge >= 0.3 is 0 Å². The number of hydrogen-bond donors (Lipinski definition) is 1. The number of amides is 4. The number of halogens is 4. The molecule has 220 valence electrons. The largest absolute Gasteiger partial charge is 0.503 e. The number of methoxy groups -OCH3 is 1. The van der Waals surface area contributed by atoms with Gasteiger partial charge in [0.25, 0.3) is 11.8 Å². The van der Waals surface area contributed by atoms with Gasteiger partial charge in [-0.25, -0.2) is 9.29 Å². The highest BCUT2D eigenvalue weighted by molar-refractivity contribution is 6.58. The van der Waals surface area contributed by atoms with Gasteiger partial charge in [-0.05, 0) is 67.1 Å². The van der Waals surface area contributed by atoms with Crippen LogP contribution in [0.25, 0.3) is 0 Å². The molecule has 0 aromatic heterocycles. The number of anilines is 1. The van der Waals surface area contributed by atoms with E-state index < -0.39 is 51.1 Å². The van der Waals surface area contributed by atoms with Crippen LogP contribution in [0.15, 0.2) is 48.0 Å². The van der Waals surface area contributed by atoms with Gasteiger partial charge in [0.2, 0.25) is 11.8 Å². The van der Waals surface area contributed by atoms with E-state index >= 15 is 0 Å². The van der Waals surface area contributed by atoms with E-state index in [9.17, 15) is 28.7 Å². The highest BCUT2D eigenvalue weighted by Crippen LogP contribution is 2.66. The van der Waals surface area contributed by atoms with Crippen LogP contribution in [0.2, 0.25) is 5.02 Å². The summed E-state index contributed by atoms with van der Waals surface area (Å²) in [5.41, 5.74) is 0.985. The molecule has 2 aliphatic heterocycles. The van der Waals surface area contributed by atoms with Crippen LogP contribution in [-0.2, 0) is 19.2 Å². The third kappa shape index (κ3) is 3.72. The van der Waals surface area contributed by atoms with Crippen LogP contribution in [0.3, 0.4) is 0 Å². The van der Waals surface area contributed by atoms with Gasteiger partial charge in [0, 0.05) is 12.5 Å². The highest BCUT2D eigenvalue weighted by atomic mass is 35.5. The first-order chi connectivity index (χ1) is 19.9. The number of phenols is 1. The van der Waals surface area contributed by atoms with E-state index in [2.05, 4.69) is 0 Å². The van der Waals surface area contributed by atoms with Crippen LogP contribution >= 0.6 is 34.8 Å². The maximum absolute atomic E-state index is 14.3. The number of phenolic OH excluding ortho intramolecular Hbond substituents is 1. The molecule has 2 heterocycles. The molecule has 2 aliphatic carbocycles. The van der Waals surface area contributed by atoms with E-state index in [1.54, 1.807) is 0 Å². The lowest BCUT2D eigenvalue weighted by Gasteiger charge is -2.50. The minimum absolute atomic E-state index is 0.00255. The second-order valence-electron chi connectivity index (χ2n) is 11.1. The summed E-state index contributed by atoms with van der Waals surface area (Å²) < 4.78 is 19.1. The number of imide groups is 2. The number of allylic oxidation sites excluding steroid dienone is 2. The molecule has 0 spiro atoms. The van der Waals surface area contributed by atoms with Gasteiger partial charge in [0.15, 0.2) is 21.2 Å². The fourth-order valence-corrected chi connectivity index (χ4v) is 8.35.